The van der Waals surface area contributed by atoms with E-state index in [-0.39, 0.29) is 12.2 Å². The standard InChI is InChI=1S/C11H20BrNO3/c1-11(2,3)16-10(14)13-7-9(8-13)15-6-4-5-12/h9H,4-8H2,1-3H3. The van der Waals surface area contributed by atoms with E-state index in [2.05, 4.69) is 15.9 Å². The summed E-state index contributed by atoms with van der Waals surface area (Å²) >= 11 is 3.34. The second-order valence-corrected chi connectivity index (χ2v) is 5.71. The van der Waals surface area contributed by atoms with Crippen molar-refractivity contribution < 1.29 is 14.3 Å². The van der Waals surface area contributed by atoms with Gasteiger partial charge in [0, 0.05) is 11.9 Å². The first-order valence-corrected chi connectivity index (χ1v) is 6.70. The molecule has 1 aliphatic rings. The zero-order chi connectivity index (χ0) is 12.2. The number of carbonyl (C=O) groups excluding carboxylic acids is 1. The minimum Gasteiger partial charge on any atom is -0.444 e. The van der Waals surface area contributed by atoms with Gasteiger partial charge in [0.15, 0.2) is 0 Å². The molecule has 5 heteroatoms. The van der Waals surface area contributed by atoms with Gasteiger partial charge in [0.25, 0.3) is 0 Å². The van der Waals surface area contributed by atoms with Gasteiger partial charge in [0.1, 0.15) is 5.60 Å². The first-order chi connectivity index (χ1) is 7.42. The lowest BCUT2D eigenvalue weighted by atomic mass is 10.2. The molecule has 16 heavy (non-hydrogen) atoms. The summed E-state index contributed by atoms with van der Waals surface area (Å²) in [6.07, 6.45) is 0.947. The average molecular weight is 294 g/mol. The molecule has 0 bridgehead atoms. The maximum Gasteiger partial charge on any atom is 0.410 e. The molecule has 4 nitrogen and oxygen atoms in total. The van der Waals surface area contributed by atoms with Crippen LogP contribution in [0.25, 0.3) is 0 Å². The molecule has 0 aromatic rings. The smallest absolute Gasteiger partial charge is 0.410 e. The molecule has 0 unspecified atom stereocenters. The molecule has 1 fully saturated rings. The number of likely N-dealkylation sites (tertiary alicyclic amines) is 1. The normalized spacial score (nSPS) is 17.1. The van der Waals surface area contributed by atoms with Crippen LogP contribution in [0, 0.1) is 0 Å². The molecule has 94 valence electrons. The lowest BCUT2D eigenvalue weighted by molar-refractivity contribution is -0.0626. The van der Waals surface area contributed by atoms with E-state index in [4.69, 9.17) is 9.47 Å². The summed E-state index contributed by atoms with van der Waals surface area (Å²) < 4.78 is 10.8. The fraction of sp³-hybridized carbons (Fsp3) is 0.909. The Balaban J connectivity index is 2.13. The predicted octanol–water partition coefficient (Wildman–Crippen LogP) is 2.41. The van der Waals surface area contributed by atoms with Crippen LogP contribution in [0.1, 0.15) is 27.2 Å². The summed E-state index contributed by atoms with van der Waals surface area (Å²) in [5, 5.41) is 0.954. The molecule has 1 amide bonds. The highest BCUT2D eigenvalue weighted by molar-refractivity contribution is 9.09. The van der Waals surface area contributed by atoms with E-state index < -0.39 is 5.60 Å². The van der Waals surface area contributed by atoms with Crippen molar-refractivity contribution in [2.24, 2.45) is 0 Å². The maximum absolute atomic E-state index is 11.6. The van der Waals surface area contributed by atoms with E-state index in [0.29, 0.717) is 13.1 Å². The highest BCUT2D eigenvalue weighted by Gasteiger charge is 2.33. The fourth-order valence-electron chi connectivity index (χ4n) is 1.32. The lowest BCUT2D eigenvalue weighted by Crippen LogP contribution is -2.55. The third-order valence-corrected chi connectivity index (χ3v) is 2.69. The first kappa shape index (κ1) is 13.8. The van der Waals surface area contributed by atoms with Crippen LogP contribution in [0.2, 0.25) is 0 Å². The van der Waals surface area contributed by atoms with E-state index in [1.807, 2.05) is 20.8 Å². The summed E-state index contributed by atoms with van der Waals surface area (Å²) in [6, 6.07) is 0. The van der Waals surface area contributed by atoms with Crippen LogP contribution < -0.4 is 0 Å². The van der Waals surface area contributed by atoms with E-state index in [1.54, 1.807) is 4.90 Å². The molecular formula is C11H20BrNO3. The van der Waals surface area contributed by atoms with Crippen molar-refractivity contribution in [3.05, 3.63) is 0 Å². The van der Waals surface area contributed by atoms with Crippen molar-refractivity contribution in [1.29, 1.82) is 0 Å². The first-order valence-electron chi connectivity index (χ1n) is 5.58. The Kier molecular flexibility index (Phi) is 5.05. The van der Waals surface area contributed by atoms with Crippen LogP contribution in [0.5, 0.6) is 0 Å². The van der Waals surface area contributed by atoms with E-state index in [0.717, 1.165) is 18.4 Å². The highest BCUT2D eigenvalue weighted by atomic mass is 79.9. The second-order valence-electron chi connectivity index (χ2n) is 4.92. The Morgan fingerprint density at radius 1 is 1.44 bits per heavy atom. The van der Waals surface area contributed by atoms with Gasteiger partial charge in [-0.3, -0.25) is 0 Å². The molecule has 0 atom stereocenters. The molecule has 0 aromatic heterocycles. The van der Waals surface area contributed by atoms with Crippen LogP contribution in [0.4, 0.5) is 4.79 Å². The molecule has 1 saturated heterocycles. The maximum atomic E-state index is 11.6. The zero-order valence-corrected chi connectivity index (χ0v) is 11.7. The summed E-state index contributed by atoms with van der Waals surface area (Å²) in [7, 11) is 0. The SMILES string of the molecule is CC(C)(C)OC(=O)N1CC(OCCCBr)C1. The van der Waals surface area contributed by atoms with Gasteiger partial charge in [-0.1, -0.05) is 15.9 Å². The number of ether oxygens (including phenoxy) is 2. The van der Waals surface area contributed by atoms with Gasteiger partial charge in [-0.2, -0.15) is 0 Å². The van der Waals surface area contributed by atoms with Crippen molar-refractivity contribution >= 4 is 22.0 Å². The summed E-state index contributed by atoms with van der Waals surface area (Å²) in [5.41, 5.74) is -0.418. The number of amides is 1. The molecule has 0 spiro atoms. The number of alkyl halides is 1. The number of nitrogens with zero attached hydrogens (tertiary/aromatic N) is 1. The van der Waals surface area contributed by atoms with Gasteiger partial charge in [-0.05, 0) is 27.2 Å². The number of hydrogen-bond acceptors (Lipinski definition) is 3. The Hall–Kier alpha value is -0.290. The van der Waals surface area contributed by atoms with E-state index in [9.17, 15) is 4.79 Å². The van der Waals surface area contributed by atoms with Crippen molar-refractivity contribution in [2.75, 3.05) is 25.0 Å². The van der Waals surface area contributed by atoms with Gasteiger partial charge in [0.2, 0.25) is 0 Å². The van der Waals surface area contributed by atoms with Crippen LogP contribution in [-0.2, 0) is 9.47 Å². The monoisotopic (exact) mass is 293 g/mol. The Bertz CT molecular complexity index is 234. The van der Waals surface area contributed by atoms with E-state index in [1.165, 1.54) is 0 Å². The number of rotatable bonds is 4. The third kappa shape index (κ3) is 4.70. The van der Waals surface area contributed by atoms with Gasteiger partial charge in [-0.15, -0.1) is 0 Å². The summed E-state index contributed by atoms with van der Waals surface area (Å²) in [4.78, 5) is 13.2. The molecule has 1 rings (SSSR count). The quantitative estimate of drug-likeness (QED) is 0.590. The minimum atomic E-state index is -0.418. The van der Waals surface area contributed by atoms with Crippen LogP contribution >= 0.6 is 15.9 Å². The molecule has 1 aliphatic heterocycles. The molecule has 0 saturated carbocycles. The molecule has 0 radical (unpaired) electrons. The fourth-order valence-corrected chi connectivity index (χ4v) is 1.55. The van der Waals surface area contributed by atoms with Crippen molar-refractivity contribution in [3.63, 3.8) is 0 Å². The van der Waals surface area contributed by atoms with Crippen LogP contribution in [0.15, 0.2) is 0 Å². The second kappa shape index (κ2) is 5.87. The largest absolute Gasteiger partial charge is 0.444 e. The van der Waals surface area contributed by atoms with Crippen LogP contribution in [-0.4, -0.2) is 47.7 Å². The molecule has 0 aliphatic carbocycles. The minimum absolute atomic E-state index is 0.187. The third-order valence-electron chi connectivity index (χ3n) is 2.13. The van der Waals surface area contributed by atoms with Crippen molar-refractivity contribution in [3.8, 4) is 0 Å². The summed E-state index contributed by atoms with van der Waals surface area (Å²) in [6.45, 7) is 7.66. The van der Waals surface area contributed by atoms with Crippen molar-refractivity contribution in [1.82, 2.24) is 4.90 Å². The molecular weight excluding hydrogens is 274 g/mol. The topological polar surface area (TPSA) is 38.8 Å². The van der Waals surface area contributed by atoms with Gasteiger partial charge >= 0.3 is 6.09 Å². The highest BCUT2D eigenvalue weighted by Crippen LogP contribution is 2.17. The van der Waals surface area contributed by atoms with Gasteiger partial charge < -0.3 is 14.4 Å². The Morgan fingerprint density at radius 3 is 2.56 bits per heavy atom. The van der Waals surface area contributed by atoms with Gasteiger partial charge in [-0.25, -0.2) is 4.79 Å². The summed E-state index contributed by atoms with van der Waals surface area (Å²) in [5.74, 6) is 0. The molecule has 0 N–H and O–H groups in total. The van der Waals surface area contributed by atoms with Crippen molar-refractivity contribution in [2.45, 2.75) is 38.9 Å². The number of hydrogen-bond donors (Lipinski definition) is 0. The number of halogens is 1. The Labute approximate surface area is 105 Å². The van der Waals surface area contributed by atoms with Gasteiger partial charge in [0.05, 0.1) is 19.2 Å². The molecule has 1 heterocycles. The van der Waals surface area contributed by atoms with E-state index >= 15 is 0 Å². The van der Waals surface area contributed by atoms with Crippen LogP contribution in [0.3, 0.4) is 0 Å². The average Bonchev–Trinajstić information content (AvgIpc) is 2.05. The predicted molar refractivity (Wildman–Crippen MR) is 66.0 cm³/mol. The lowest BCUT2D eigenvalue weighted by Gasteiger charge is -2.39. The number of carbonyl (C=O) groups is 1. The molecule has 0 aromatic carbocycles. The zero-order valence-electron chi connectivity index (χ0n) is 10.2. The Morgan fingerprint density at radius 2 is 2.06 bits per heavy atom.